The summed E-state index contributed by atoms with van der Waals surface area (Å²) in [6.45, 7) is 3.31. The number of imidazole rings is 1. The molecule has 0 radical (unpaired) electrons. The molecule has 2 aromatic rings. The molecule has 6 nitrogen and oxygen atoms in total. The number of anilines is 1. The Balaban J connectivity index is 1.69. The molecule has 3 heterocycles. The summed E-state index contributed by atoms with van der Waals surface area (Å²) in [5.74, 6) is 0.0519. The van der Waals surface area contributed by atoms with Gasteiger partial charge in [0.15, 0.2) is 0 Å². The number of aryl methyl sites for hydroxylation is 1. The quantitative estimate of drug-likeness (QED) is 0.893. The summed E-state index contributed by atoms with van der Waals surface area (Å²) in [6, 6.07) is 3.23. The number of fused-ring (bicyclic) bond motifs is 1. The van der Waals surface area contributed by atoms with Crippen LogP contribution < -0.4 is 11.1 Å². The van der Waals surface area contributed by atoms with Gasteiger partial charge in [0, 0.05) is 25.6 Å². The van der Waals surface area contributed by atoms with E-state index in [1.165, 1.54) is 0 Å². The number of hydrogen-bond acceptors (Lipinski definition) is 4. The molecule has 1 aliphatic heterocycles. The van der Waals surface area contributed by atoms with Crippen LogP contribution in [0, 0.1) is 12.8 Å². The third kappa shape index (κ3) is 3.06. The minimum absolute atomic E-state index is 0.141. The van der Waals surface area contributed by atoms with Gasteiger partial charge in [0.25, 0.3) is 0 Å². The van der Waals surface area contributed by atoms with Crippen LogP contribution in [0.4, 0.5) is 5.69 Å². The lowest BCUT2D eigenvalue weighted by molar-refractivity contribution is -0.119. The molecule has 112 valence electrons. The highest BCUT2D eigenvalue weighted by atomic mass is 16.5. The first kappa shape index (κ1) is 14.0. The van der Waals surface area contributed by atoms with Crippen LogP contribution in [0.1, 0.15) is 18.5 Å². The number of pyridine rings is 1. The normalized spacial score (nSPS) is 17.8. The monoisotopic (exact) mass is 288 g/mol. The van der Waals surface area contributed by atoms with Crippen LogP contribution in [0.25, 0.3) is 5.65 Å². The number of hydrogen-bond donors (Lipinski definition) is 2. The van der Waals surface area contributed by atoms with E-state index in [2.05, 4.69) is 10.3 Å². The van der Waals surface area contributed by atoms with Crippen molar-refractivity contribution < 1.29 is 9.53 Å². The molecule has 1 fully saturated rings. The number of ether oxygens (including phenoxy) is 1. The molecule has 0 aliphatic carbocycles. The minimum atomic E-state index is -0.492. The fourth-order valence-corrected chi connectivity index (χ4v) is 2.71. The van der Waals surface area contributed by atoms with Gasteiger partial charge in [-0.05, 0) is 37.8 Å². The Kier molecular flexibility index (Phi) is 3.90. The van der Waals surface area contributed by atoms with Crippen molar-refractivity contribution in [3.63, 3.8) is 0 Å². The van der Waals surface area contributed by atoms with Gasteiger partial charge in [0.1, 0.15) is 5.65 Å². The molecule has 2 aromatic heterocycles. The molecule has 0 aromatic carbocycles. The van der Waals surface area contributed by atoms with Crippen molar-refractivity contribution in [1.82, 2.24) is 9.38 Å². The number of nitrogens with zero attached hydrogens (tertiary/aromatic N) is 2. The number of carbonyl (C=O) groups is 1. The van der Waals surface area contributed by atoms with Gasteiger partial charge >= 0.3 is 0 Å². The molecule has 0 bridgehead atoms. The van der Waals surface area contributed by atoms with E-state index in [0.717, 1.165) is 29.9 Å². The lowest BCUT2D eigenvalue weighted by atomic mass is 9.92. The Morgan fingerprint density at radius 1 is 1.43 bits per heavy atom. The van der Waals surface area contributed by atoms with Crippen molar-refractivity contribution in [2.45, 2.75) is 25.8 Å². The first-order valence-electron chi connectivity index (χ1n) is 7.23. The van der Waals surface area contributed by atoms with Gasteiger partial charge in [0.05, 0.1) is 17.4 Å². The second-order valence-corrected chi connectivity index (χ2v) is 5.53. The largest absolute Gasteiger partial charge is 0.381 e. The number of carbonyl (C=O) groups excluding carboxylic acids is 1. The van der Waals surface area contributed by atoms with Crippen molar-refractivity contribution in [3.05, 3.63) is 30.2 Å². The maximum atomic E-state index is 12.3. The SMILES string of the molecule is Cc1cn2cc(NC(=O)C(N)C3CCOCC3)ccc2n1. The summed E-state index contributed by atoms with van der Waals surface area (Å²) in [4.78, 5) is 16.6. The fourth-order valence-electron chi connectivity index (χ4n) is 2.71. The van der Waals surface area contributed by atoms with Crippen molar-refractivity contribution in [2.24, 2.45) is 11.7 Å². The third-order valence-corrected chi connectivity index (χ3v) is 3.92. The van der Waals surface area contributed by atoms with Gasteiger partial charge in [-0.15, -0.1) is 0 Å². The second-order valence-electron chi connectivity index (χ2n) is 5.53. The summed E-state index contributed by atoms with van der Waals surface area (Å²) < 4.78 is 7.19. The van der Waals surface area contributed by atoms with Crippen LogP contribution >= 0.6 is 0 Å². The minimum Gasteiger partial charge on any atom is -0.381 e. The van der Waals surface area contributed by atoms with Crippen LogP contribution in [0.2, 0.25) is 0 Å². The smallest absolute Gasteiger partial charge is 0.241 e. The van der Waals surface area contributed by atoms with E-state index in [9.17, 15) is 4.79 Å². The highest BCUT2D eigenvalue weighted by molar-refractivity contribution is 5.94. The van der Waals surface area contributed by atoms with Gasteiger partial charge in [0.2, 0.25) is 5.91 Å². The summed E-state index contributed by atoms with van der Waals surface area (Å²) >= 11 is 0. The predicted octanol–water partition coefficient (Wildman–Crippen LogP) is 1.34. The molecule has 1 atom stereocenters. The van der Waals surface area contributed by atoms with Gasteiger partial charge < -0.3 is 20.2 Å². The number of nitrogens with one attached hydrogen (secondary N) is 1. The summed E-state index contributed by atoms with van der Waals surface area (Å²) in [6.07, 6.45) is 5.45. The fraction of sp³-hybridized carbons (Fsp3) is 0.467. The molecule has 6 heteroatoms. The lowest BCUT2D eigenvalue weighted by Gasteiger charge is -2.26. The average Bonchev–Trinajstić information content (AvgIpc) is 2.86. The zero-order chi connectivity index (χ0) is 14.8. The average molecular weight is 288 g/mol. The van der Waals surface area contributed by atoms with Crippen molar-refractivity contribution in [2.75, 3.05) is 18.5 Å². The Labute approximate surface area is 123 Å². The van der Waals surface area contributed by atoms with E-state index in [0.29, 0.717) is 13.2 Å². The van der Waals surface area contributed by atoms with Crippen molar-refractivity contribution >= 4 is 17.2 Å². The Morgan fingerprint density at radius 3 is 2.95 bits per heavy atom. The first-order valence-corrected chi connectivity index (χ1v) is 7.23. The molecule has 1 amide bonds. The van der Waals surface area contributed by atoms with Gasteiger partial charge in [-0.3, -0.25) is 4.79 Å². The van der Waals surface area contributed by atoms with Gasteiger partial charge in [-0.25, -0.2) is 4.98 Å². The van der Waals surface area contributed by atoms with E-state index in [4.69, 9.17) is 10.5 Å². The number of aromatic nitrogens is 2. The maximum absolute atomic E-state index is 12.3. The number of rotatable bonds is 3. The zero-order valence-corrected chi connectivity index (χ0v) is 12.1. The molecular weight excluding hydrogens is 268 g/mol. The van der Waals surface area contributed by atoms with Gasteiger partial charge in [-0.2, -0.15) is 0 Å². The van der Waals surface area contributed by atoms with Gasteiger partial charge in [-0.1, -0.05) is 0 Å². The zero-order valence-electron chi connectivity index (χ0n) is 12.1. The Bertz CT molecular complexity index is 646. The third-order valence-electron chi connectivity index (χ3n) is 3.92. The topological polar surface area (TPSA) is 81.7 Å². The van der Waals surface area contributed by atoms with Crippen LogP contribution in [-0.4, -0.2) is 34.5 Å². The van der Waals surface area contributed by atoms with E-state index in [-0.39, 0.29) is 11.8 Å². The molecule has 1 unspecified atom stereocenters. The highest BCUT2D eigenvalue weighted by Gasteiger charge is 2.26. The Morgan fingerprint density at radius 2 is 2.19 bits per heavy atom. The summed E-state index contributed by atoms with van der Waals surface area (Å²) in [5, 5.41) is 2.89. The van der Waals surface area contributed by atoms with Crippen LogP contribution in [0.3, 0.4) is 0 Å². The molecule has 0 saturated carbocycles. The van der Waals surface area contributed by atoms with E-state index in [1.54, 1.807) is 0 Å². The number of nitrogens with two attached hydrogens (primary N) is 1. The van der Waals surface area contributed by atoms with Crippen LogP contribution in [0.5, 0.6) is 0 Å². The molecule has 21 heavy (non-hydrogen) atoms. The lowest BCUT2D eigenvalue weighted by Crippen LogP contribution is -2.44. The first-order chi connectivity index (χ1) is 10.1. The van der Waals surface area contributed by atoms with Crippen molar-refractivity contribution in [1.29, 1.82) is 0 Å². The second kappa shape index (κ2) is 5.83. The maximum Gasteiger partial charge on any atom is 0.241 e. The Hall–Kier alpha value is -1.92. The standard InChI is InChI=1S/C15H20N4O2/c1-10-8-19-9-12(2-3-13(19)17-10)18-15(20)14(16)11-4-6-21-7-5-11/h2-3,8-9,11,14H,4-7,16H2,1H3,(H,18,20). The molecule has 0 spiro atoms. The van der Waals surface area contributed by atoms with E-state index in [1.807, 2.05) is 35.9 Å². The van der Waals surface area contributed by atoms with Crippen molar-refractivity contribution in [3.8, 4) is 0 Å². The predicted molar refractivity (Wildman–Crippen MR) is 80.1 cm³/mol. The summed E-state index contributed by atoms with van der Waals surface area (Å²) in [7, 11) is 0. The van der Waals surface area contributed by atoms with Crippen LogP contribution in [0.15, 0.2) is 24.5 Å². The molecule has 1 saturated heterocycles. The van der Waals surface area contributed by atoms with Crippen LogP contribution in [-0.2, 0) is 9.53 Å². The molecular formula is C15H20N4O2. The van der Waals surface area contributed by atoms with E-state index >= 15 is 0 Å². The highest BCUT2D eigenvalue weighted by Crippen LogP contribution is 2.19. The number of amides is 1. The molecule has 3 rings (SSSR count). The summed E-state index contributed by atoms with van der Waals surface area (Å²) in [5.41, 5.74) is 8.60. The van der Waals surface area contributed by atoms with E-state index < -0.39 is 6.04 Å². The molecule has 1 aliphatic rings. The molecule has 3 N–H and O–H groups in total.